The number of carbonyl (C=O) groups is 1. The second-order valence-electron chi connectivity index (χ2n) is 14.3. The van der Waals surface area contributed by atoms with Crippen LogP contribution in [-0.4, -0.2) is 65.5 Å². The molecule has 0 fully saturated rings. The molecule has 0 aliphatic carbocycles. The molecule has 4 aromatic rings. The van der Waals surface area contributed by atoms with Gasteiger partial charge in [-0.1, -0.05) is 48.6 Å². The molecule has 2 aromatic heterocycles. The summed E-state index contributed by atoms with van der Waals surface area (Å²) in [6.45, 7) is 12.1. The topological polar surface area (TPSA) is 97.1 Å². The molecule has 0 spiro atoms. The number of ether oxygens (including phenoxy) is 2. The number of aliphatic hydroxyl groups is 1. The number of carbonyl (C=O) groups excluding carboxylic acids is 1. The van der Waals surface area contributed by atoms with Gasteiger partial charge >= 0.3 is 7.40 Å². The van der Waals surface area contributed by atoms with E-state index in [9.17, 15) is 18.5 Å². The van der Waals surface area contributed by atoms with E-state index in [1.54, 1.807) is 36.4 Å². The van der Waals surface area contributed by atoms with E-state index in [2.05, 4.69) is 22.2 Å². The molecule has 54 heavy (non-hydrogen) atoms. The Morgan fingerprint density at radius 3 is 2.50 bits per heavy atom. The maximum absolute atomic E-state index is 14.0. The third-order valence-electron chi connectivity index (χ3n) is 8.54. The number of aromatic nitrogens is 1. The number of para-hydroxylation sites is 1. The van der Waals surface area contributed by atoms with Gasteiger partial charge in [0.1, 0.15) is 24.2 Å². The molecule has 5 rings (SSSR count). The third kappa shape index (κ3) is 11.7. The Morgan fingerprint density at radius 2 is 1.78 bits per heavy atom. The number of hydrogen-bond donors (Lipinski definition) is 3. The molecule has 3 heterocycles. The molecular weight excluding hydrogens is 705 g/mol. The lowest BCUT2D eigenvalue weighted by Crippen LogP contribution is -2.54. The zero-order valence-electron chi connectivity index (χ0n) is 31.1. The molecule has 12 heteroatoms. The summed E-state index contributed by atoms with van der Waals surface area (Å²) in [5, 5.41) is 18.9. The number of hydrogen-bond acceptors (Lipinski definition) is 7. The van der Waals surface area contributed by atoms with Crippen molar-refractivity contribution in [2.24, 2.45) is 4.99 Å². The number of rotatable bonds is 19. The molecular formula is C42H47BF2N4O4S. The van der Waals surface area contributed by atoms with E-state index >= 15 is 0 Å². The first-order valence-corrected chi connectivity index (χ1v) is 18.7. The van der Waals surface area contributed by atoms with Crippen LogP contribution in [0.25, 0.3) is 22.7 Å². The monoisotopic (exact) mass is 752 g/mol. The van der Waals surface area contributed by atoms with Crippen LogP contribution in [0.1, 0.15) is 50.9 Å². The van der Waals surface area contributed by atoms with Crippen molar-refractivity contribution in [2.75, 3.05) is 19.8 Å². The number of nitrogens with one attached hydrogen (secondary N) is 2. The van der Waals surface area contributed by atoms with Crippen LogP contribution in [0.5, 0.6) is 11.5 Å². The molecule has 1 atom stereocenters. The summed E-state index contributed by atoms with van der Waals surface area (Å²) in [6.07, 6.45) is 11.4. The Labute approximate surface area is 320 Å². The van der Waals surface area contributed by atoms with E-state index in [4.69, 9.17) is 9.47 Å². The van der Waals surface area contributed by atoms with Crippen LogP contribution in [0.15, 0.2) is 120 Å². The Bertz CT molecular complexity index is 2000. The van der Waals surface area contributed by atoms with Crippen molar-refractivity contribution in [3.63, 3.8) is 0 Å². The minimum Gasteiger partial charge on any atom is -0.491 e. The minimum atomic E-state index is -2.68. The minimum absolute atomic E-state index is 0.143. The predicted molar refractivity (Wildman–Crippen MR) is 217 cm³/mol. The normalized spacial score (nSPS) is 14.4. The lowest BCUT2D eigenvalue weighted by molar-refractivity contribution is -0.124. The highest BCUT2D eigenvalue weighted by Gasteiger charge is 2.30. The number of thiophene rings is 1. The smallest absolute Gasteiger partial charge is 0.491 e. The maximum Gasteiger partial charge on any atom is 0.678 e. The van der Waals surface area contributed by atoms with E-state index in [1.807, 2.05) is 106 Å². The Balaban J connectivity index is 1.05. The zero-order valence-corrected chi connectivity index (χ0v) is 31.9. The van der Waals surface area contributed by atoms with Gasteiger partial charge in [0.05, 0.1) is 17.1 Å². The molecule has 8 nitrogen and oxygen atoms in total. The fourth-order valence-electron chi connectivity index (χ4n) is 6.38. The fourth-order valence-corrected chi connectivity index (χ4v) is 7.13. The van der Waals surface area contributed by atoms with Crippen molar-refractivity contribution in [2.45, 2.75) is 57.7 Å². The molecule has 0 saturated carbocycles. The lowest BCUT2D eigenvalue weighted by atomic mass is 9.86. The van der Waals surface area contributed by atoms with Crippen LogP contribution in [0.4, 0.5) is 8.63 Å². The Kier molecular flexibility index (Phi) is 13.6. The van der Waals surface area contributed by atoms with Crippen molar-refractivity contribution in [1.82, 2.24) is 15.1 Å². The molecule has 2 aromatic carbocycles. The Morgan fingerprint density at radius 1 is 1.00 bits per heavy atom. The first kappa shape index (κ1) is 40.2. The molecule has 0 unspecified atom stereocenters. The van der Waals surface area contributed by atoms with Gasteiger partial charge in [-0.15, -0.1) is 17.9 Å². The number of halogens is 2. The van der Waals surface area contributed by atoms with Crippen molar-refractivity contribution < 1.29 is 28.0 Å². The molecule has 0 saturated heterocycles. The number of benzene rings is 2. The average Bonchev–Trinajstić information content (AvgIpc) is 3.91. The molecule has 1 aliphatic rings. The van der Waals surface area contributed by atoms with Gasteiger partial charge in [0.15, 0.2) is 6.61 Å². The van der Waals surface area contributed by atoms with Gasteiger partial charge in [0, 0.05) is 28.2 Å². The average molecular weight is 753 g/mol. The standard InChI is InChI=1S/C42H47BF2N4O4S/c1-6-10-31-11-7-8-12-38(31)53-27-35(50)26-46-41(2,3)29-42(4,5)48-40(51)28-52-36-21-15-30(16-22-36)14-17-32-18-19-33(47-32)25-34-20-23-37(49(34)43(44)45)39-13-9-24-54-39/h6-9,11-25,35,46,50H,1,10,26-29H2,2-5H3,(H,48,51)/b17-14+,33-25-/t35-/m1/s1. The molecule has 3 N–H and O–H groups in total. The zero-order chi connectivity index (χ0) is 38.7. The van der Waals surface area contributed by atoms with Crippen LogP contribution in [0.3, 0.4) is 0 Å². The number of aliphatic hydroxyl groups excluding tert-OH is 1. The van der Waals surface area contributed by atoms with Crippen LogP contribution in [0, 0.1) is 0 Å². The van der Waals surface area contributed by atoms with Crippen molar-refractivity contribution in [3.05, 3.63) is 132 Å². The van der Waals surface area contributed by atoms with E-state index < -0.39 is 24.6 Å². The lowest BCUT2D eigenvalue weighted by Gasteiger charge is -2.37. The second-order valence-corrected chi connectivity index (χ2v) is 15.3. The molecule has 0 bridgehead atoms. The van der Waals surface area contributed by atoms with Crippen LogP contribution < -0.4 is 20.1 Å². The number of nitrogens with zero attached hydrogens (tertiary/aromatic N) is 2. The van der Waals surface area contributed by atoms with Gasteiger partial charge < -0.3 is 29.7 Å². The SMILES string of the molecule is C=CCc1ccccc1OC[C@H](O)CNC(C)(C)CC(C)(C)NC(=O)COc1ccc(/C=C/C2=NC(=C\c3ccc(-c4cccs4)n3B(F)F)/C=C2)cc1. The van der Waals surface area contributed by atoms with Gasteiger partial charge in [-0.25, -0.2) is 4.99 Å². The number of β-amino-alcohol motifs (C(OH)–C–C–N with tert-alkyl or cyclic N) is 1. The maximum atomic E-state index is 14.0. The first-order valence-electron chi connectivity index (χ1n) is 17.8. The van der Waals surface area contributed by atoms with E-state index in [0.717, 1.165) is 26.2 Å². The highest BCUT2D eigenvalue weighted by atomic mass is 32.1. The van der Waals surface area contributed by atoms with Crippen LogP contribution in [0.2, 0.25) is 0 Å². The summed E-state index contributed by atoms with van der Waals surface area (Å²) in [6, 6.07) is 22.1. The van der Waals surface area contributed by atoms with Gasteiger partial charge in [-0.05, 0) is 118 Å². The summed E-state index contributed by atoms with van der Waals surface area (Å²) >= 11 is 1.42. The molecule has 282 valence electrons. The van der Waals surface area contributed by atoms with Crippen molar-refractivity contribution >= 4 is 42.5 Å². The summed E-state index contributed by atoms with van der Waals surface area (Å²) < 4.78 is 40.6. The number of aliphatic imine (C=N–C) groups is 1. The van der Waals surface area contributed by atoms with Gasteiger partial charge in [0.2, 0.25) is 0 Å². The molecule has 1 aliphatic heterocycles. The highest BCUT2D eigenvalue weighted by Crippen LogP contribution is 2.30. The first-order chi connectivity index (χ1) is 25.8. The quantitative estimate of drug-likeness (QED) is 0.0663. The van der Waals surface area contributed by atoms with Crippen LogP contribution >= 0.6 is 11.3 Å². The van der Waals surface area contributed by atoms with Crippen molar-refractivity contribution in [3.8, 4) is 22.1 Å². The summed E-state index contributed by atoms with van der Waals surface area (Å²) in [7, 11) is -2.68. The molecule has 1 amide bonds. The van der Waals surface area contributed by atoms with Gasteiger partial charge in [-0.3, -0.25) is 13.4 Å². The Hall–Kier alpha value is -5.04. The largest absolute Gasteiger partial charge is 0.678 e. The second kappa shape index (κ2) is 18.3. The van der Waals surface area contributed by atoms with E-state index in [0.29, 0.717) is 47.9 Å². The molecule has 0 radical (unpaired) electrons. The van der Waals surface area contributed by atoms with Crippen molar-refractivity contribution in [1.29, 1.82) is 0 Å². The summed E-state index contributed by atoms with van der Waals surface area (Å²) in [5.41, 5.74) is 3.10. The van der Waals surface area contributed by atoms with E-state index in [-0.39, 0.29) is 19.1 Å². The number of amides is 1. The fraction of sp³-hybridized carbons (Fsp3) is 0.286. The third-order valence-corrected chi connectivity index (χ3v) is 9.43. The predicted octanol–water partition coefficient (Wildman–Crippen LogP) is 8.25. The summed E-state index contributed by atoms with van der Waals surface area (Å²) in [4.78, 5) is 18.2. The van der Waals surface area contributed by atoms with E-state index in [1.165, 1.54) is 11.3 Å². The van der Waals surface area contributed by atoms with Gasteiger partial charge in [-0.2, -0.15) is 0 Å². The highest BCUT2D eigenvalue weighted by molar-refractivity contribution is 7.13. The number of allylic oxidation sites excluding steroid dienone is 4. The van der Waals surface area contributed by atoms with Gasteiger partial charge in [0.25, 0.3) is 5.91 Å². The van der Waals surface area contributed by atoms with Crippen LogP contribution in [-0.2, 0) is 11.2 Å². The summed E-state index contributed by atoms with van der Waals surface area (Å²) in [5.74, 6) is 1.04.